The second-order valence-corrected chi connectivity index (χ2v) is 5.54. The smallest absolute Gasteiger partial charge is 0.237 e. The lowest BCUT2D eigenvalue weighted by Gasteiger charge is -2.33. The van der Waals surface area contributed by atoms with E-state index in [1.54, 1.807) is 7.05 Å². The summed E-state index contributed by atoms with van der Waals surface area (Å²) in [6.45, 7) is 2.49. The van der Waals surface area contributed by atoms with Gasteiger partial charge >= 0.3 is 0 Å². The van der Waals surface area contributed by atoms with Crippen LogP contribution in [-0.2, 0) is 14.3 Å². The molecule has 2 N–H and O–H groups in total. The molecule has 114 valence electrons. The van der Waals surface area contributed by atoms with E-state index in [1.807, 2.05) is 4.90 Å². The molecule has 6 heteroatoms. The highest BCUT2D eigenvalue weighted by molar-refractivity contribution is 5.83. The molecule has 2 saturated heterocycles. The van der Waals surface area contributed by atoms with E-state index in [1.165, 1.54) is 0 Å². The van der Waals surface area contributed by atoms with Crippen molar-refractivity contribution in [3.63, 3.8) is 0 Å². The van der Waals surface area contributed by atoms with Crippen LogP contribution in [-0.4, -0.2) is 62.1 Å². The van der Waals surface area contributed by atoms with E-state index in [0.717, 1.165) is 45.3 Å². The summed E-state index contributed by atoms with van der Waals surface area (Å²) in [7, 11) is 1.65. The van der Waals surface area contributed by atoms with Gasteiger partial charge in [-0.3, -0.25) is 14.5 Å². The first-order valence-corrected chi connectivity index (χ1v) is 7.54. The zero-order chi connectivity index (χ0) is 14.4. The first-order valence-electron chi connectivity index (χ1n) is 7.54. The number of amides is 2. The Morgan fingerprint density at radius 2 is 2.10 bits per heavy atom. The predicted octanol–water partition coefficient (Wildman–Crippen LogP) is -0.118. The number of ether oxygens (including phenoxy) is 1. The minimum Gasteiger partial charge on any atom is -0.376 e. The number of likely N-dealkylation sites (N-methyl/N-ethyl adjacent to an activating group) is 1. The first kappa shape index (κ1) is 15.3. The van der Waals surface area contributed by atoms with Crippen LogP contribution in [0.5, 0.6) is 0 Å². The van der Waals surface area contributed by atoms with Crippen molar-refractivity contribution in [1.82, 2.24) is 15.5 Å². The monoisotopic (exact) mass is 283 g/mol. The van der Waals surface area contributed by atoms with Gasteiger partial charge in [-0.1, -0.05) is 6.42 Å². The minimum atomic E-state index is -0.165. The number of nitrogens with one attached hydrogen (secondary N) is 2. The molecule has 0 bridgehead atoms. The van der Waals surface area contributed by atoms with Crippen LogP contribution in [0.15, 0.2) is 0 Å². The highest BCUT2D eigenvalue weighted by Gasteiger charge is 2.29. The maximum Gasteiger partial charge on any atom is 0.237 e. The molecular formula is C14H25N3O3. The van der Waals surface area contributed by atoms with Crippen molar-refractivity contribution in [2.45, 2.75) is 44.2 Å². The second-order valence-electron chi connectivity index (χ2n) is 5.54. The van der Waals surface area contributed by atoms with E-state index in [0.29, 0.717) is 13.1 Å². The van der Waals surface area contributed by atoms with Crippen LogP contribution >= 0.6 is 0 Å². The molecule has 0 radical (unpaired) electrons. The molecule has 0 spiro atoms. The number of nitrogens with zero attached hydrogens (tertiary/aromatic N) is 1. The van der Waals surface area contributed by atoms with Crippen LogP contribution in [0.2, 0.25) is 0 Å². The highest BCUT2D eigenvalue weighted by atomic mass is 16.5. The van der Waals surface area contributed by atoms with Crippen molar-refractivity contribution in [1.29, 1.82) is 0 Å². The van der Waals surface area contributed by atoms with Crippen molar-refractivity contribution < 1.29 is 14.3 Å². The fraction of sp³-hybridized carbons (Fsp3) is 0.857. The highest BCUT2D eigenvalue weighted by Crippen LogP contribution is 2.16. The van der Waals surface area contributed by atoms with E-state index in [2.05, 4.69) is 10.6 Å². The Kier molecular flexibility index (Phi) is 5.79. The Labute approximate surface area is 120 Å². The van der Waals surface area contributed by atoms with Gasteiger partial charge in [0.05, 0.1) is 18.7 Å². The fourth-order valence-corrected chi connectivity index (χ4v) is 2.92. The number of rotatable bonds is 5. The van der Waals surface area contributed by atoms with Crippen molar-refractivity contribution in [2.24, 2.45) is 0 Å². The quantitative estimate of drug-likeness (QED) is 0.738. The summed E-state index contributed by atoms with van der Waals surface area (Å²) in [5, 5.41) is 5.59. The third kappa shape index (κ3) is 4.18. The molecule has 2 atom stereocenters. The van der Waals surface area contributed by atoms with Gasteiger partial charge < -0.3 is 15.4 Å². The minimum absolute atomic E-state index is 0.0108. The fourth-order valence-electron chi connectivity index (χ4n) is 2.92. The van der Waals surface area contributed by atoms with Crippen LogP contribution in [0, 0.1) is 0 Å². The number of piperidine rings is 1. The maximum absolute atomic E-state index is 12.0. The maximum atomic E-state index is 12.0. The Morgan fingerprint density at radius 3 is 2.80 bits per heavy atom. The summed E-state index contributed by atoms with van der Waals surface area (Å²) in [4.78, 5) is 25.8. The van der Waals surface area contributed by atoms with Gasteiger partial charge in [0.25, 0.3) is 0 Å². The van der Waals surface area contributed by atoms with Crippen molar-refractivity contribution in [3.8, 4) is 0 Å². The van der Waals surface area contributed by atoms with Gasteiger partial charge in [-0.25, -0.2) is 0 Å². The molecule has 0 aromatic carbocycles. The number of carbonyl (C=O) groups excluding carboxylic acids is 2. The molecule has 0 aromatic heterocycles. The van der Waals surface area contributed by atoms with Gasteiger partial charge in [0.2, 0.25) is 11.8 Å². The summed E-state index contributed by atoms with van der Waals surface area (Å²) in [6, 6.07) is -0.165. The number of hydrogen-bond donors (Lipinski definition) is 2. The van der Waals surface area contributed by atoms with Crippen molar-refractivity contribution >= 4 is 11.8 Å². The predicted molar refractivity (Wildman–Crippen MR) is 75.3 cm³/mol. The zero-order valence-corrected chi connectivity index (χ0v) is 12.2. The van der Waals surface area contributed by atoms with Gasteiger partial charge in [0.15, 0.2) is 0 Å². The normalized spacial score (nSPS) is 27.2. The molecule has 2 aliphatic heterocycles. The molecular weight excluding hydrogens is 258 g/mol. The van der Waals surface area contributed by atoms with Crippen LogP contribution in [0.3, 0.4) is 0 Å². The zero-order valence-electron chi connectivity index (χ0n) is 12.2. The van der Waals surface area contributed by atoms with Gasteiger partial charge in [0, 0.05) is 20.2 Å². The third-order valence-electron chi connectivity index (χ3n) is 4.06. The van der Waals surface area contributed by atoms with Crippen LogP contribution in [0.25, 0.3) is 0 Å². The lowest BCUT2D eigenvalue weighted by atomic mass is 10.0. The topological polar surface area (TPSA) is 70.7 Å². The van der Waals surface area contributed by atoms with Crippen LogP contribution < -0.4 is 10.6 Å². The summed E-state index contributed by atoms with van der Waals surface area (Å²) in [6.07, 6.45) is 5.18. The number of hydrogen-bond acceptors (Lipinski definition) is 4. The van der Waals surface area contributed by atoms with Gasteiger partial charge in [-0.05, 0) is 32.2 Å². The average molecular weight is 283 g/mol. The lowest BCUT2D eigenvalue weighted by molar-refractivity contribution is -0.130. The van der Waals surface area contributed by atoms with E-state index in [4.69, 9.17) is 4.74 Å². The Morgan fingerprint density at radius 1 is 1.25 bits per heavy atom. The van der Waals surface area contributed by atoms with Crippen LogP contribution in [0.1, 0.15) is 32.1 Å². The molecule has 0 aromatic rings. The standard InChI is InChI=1S/C14H25N3O3/c1-15-14(19)12-6-2-3-7-17(12)10-13(18)16-9-11-5-4-8-20-11/h11-12H,2-10H2,1H3,(H,15,19)(H,16,18)/t11-,12-/m1/s1. The molecule has 2 rings (SSSR count). The molecule has 0 unspecified atom stereocenters. The summed E-state index contributed by atoms with van der Waals surface area (Å²) in [5.41, 5.74) is 0. The number of carbonyl (C=O) groups is 2. The molecule has 2 fully saturated rings. The molecule has 6 nitrogen and oxygen atoms in total. The molecule has 0 aliphatic carbocycles. The molecule has 0 saturated carbocycles. The third-order valence-corrected chi connectivity index (χ3v) is 4.06. The Bertz CT molecular complexity index is 343. The van der Waals surface area contributed by atoms with E-state index in [9.17, 15) is 9.59 Å². The largest absolute Gasteiger partial charge is 0.376 e. The lowest BCUT2D eigenvalue weighted by Crippen LogP contribution is -2.52. The van der Waals surface area contributed by atoms with Gasteiger partial charge in [-0.15, -0.1) is 0 Å². The van der Waals surface area contributed by atoms with Crippen molar-refractivity contribution in [3.05, 3.63) is 0 Å². The second kappa shape index (κ2) is 7.59. The van der Waals surface area contributed by atoms with E-state index in [-0.39, 0.29) is 24.0 Å². The molecule has 20 heavy (non-hydrogen) atoms. The summed E-state index contributed by atoms with van der Waals surface area (Å²) in [5.74, 6) is -0.00655. The average Bonchev–Trinajstić information content (AvgIpc) is 2.98. The van der Waals surface area contributed by atoms with E-state index < -0.39 is 0 Å². The SMILES string of the molecule is CNC(=O)[C@H]1CCCCN1CC(=O)NC[C@H]1CCCO1. The molecule has 2 aliphatic rings. The Hall–Kier alpha value is -1.14. The van der Waals surface area contributed by atoms with Gasteiger partial charge in [-0.2, -0.15) is 0 Å². The summed E-state index contributed by atoms with van der Waals surface area (Å²) < 4.78 is 5.48. The number of likely N-dealkylation sites (tertiary alicyclic amines) is 1. The molecule has 2 heterocycles. The van der Waals surface area contributed by atoms with Crippen LogP contribution in [0.4, 0.5) is 0 Å². The first-order chi connectivity index (χ1) is 9.70. The Balaban J connectivity index is 1.77. The van der Waals surface area contributed by atoms with Crippen molar-refractivity contribution in [2.75, 3.05) is 33.3 Å². The van der Waals surface area contributed by atoms with Gasteiger partial charge in [0.1, 0.15) is 0 Å². The summed E-state index contributed by atoms with van der Waals surface area (Å²) >= 11 is 0. The van der Waals surface area contributed by atoms with E-state index >= 15 is 0 Å². The molecule has 2 amide bonds.